The maximum Gasteiger partial charge on any atom is 0.118 e. The summed E-state index contributed by atoms with van der Waals surface area (Å²) in [7, 11) is 1.68. The molecule has 2 aromatic carbocycles. The van der Waals surface area contributed by atoms with E-state index < -0.39 is 0 Å². The molecule has 21 heavy (non-hydrogen) atoms. The number of pyridine rings is 1. The molecule has 0 bridgehead atoms. The minimum Gasteiger partial charge on any atom is -0.497 e. The normalized spacial score (nSPS) is 10.3. The molecule has 104 valence electrons. The molecule has 0 spiro atoms. The van der Waals surface area contributed by atoms with Crippen LogP contribution in [0.1, 0.15) is 11.1 Å². The zero-order valence-corrected chi connectivity index (χ0v) is 12.0. The van der Waals surface area contributed by atoms with Gasteiger partial charge in [0, 0.05) is 12.4 Å². The SMILES string of the molecule is COc1ccc(-c2ccc(Cc3cccnc3)cc2)cc1. The smallest absolute Gasteiger partial charge is 0.118 e. The first kappa shape index (κ1) is 13.4. The molecule has 0 aliphatic carbocycles. The summed E-state index contributed by atoms with van der Waals surface area (Å²) in [6, 6.07) is 20.9. The molecule has 0 radical (unpaired) electrons. The van der Waals surface area contributed by atoms with E-state index in [2.05, 4.69) is 47.4 Å². The van der Waals surface area contributed by atoms with Crippen LogP contribution in [-0.2, 0) is 6.42 Å². The lowest BCUT2D eigenvalue weighted by Gasteiger charge is -2.06. The number of aromatic nitrogens is 1. The van der Waals surface area contributed by atoms with Gasteiger partial charge >= 0.3 is 0 Å². The minimum absolute atomic E-state index is 0.881. The molecule has 0 fully saturated rings. The van der Waals surface area contributed by atoms with Gasteiger partial charge in [0.05, 0.1) is 7.11 Å². The van der Waals surface area contributed by atoms with Gasteiger partial charge in [-0.1, -0.05) is 42.5 Å². The molecule has 0 aliphatic rings. The van der Waals surface area contributed by atoms with Crippen LogP contribution in [0.3, 0.4) is 0 Å². The Balaban J connectivity index is 1.77. The van der Waals surface area contributed by atoms with Crippen LogP contribution in [0.5, 0.6) is 5.75 Å². The lowest BCUT2D eigenvalue weighted by atomic mass is 10.0. The zero-order valence-electron chi connectivity index (χ0n) is 12.0. The van der Waals surface area contributed by atoms with Crippen LogP contribution in [0.2, 0.25) is 0 Å². The van der Waals surface area contributed by atoms with E-state index in [1.807, 2.05) is 24.4 Å². The third kappa shape index (κ3) is 3.29. The van der Waals surface area contributed by atoms with Gasteiger partial charge in [0.2, 0.25) is 0 Å². The van der Waals surface area contributed by atoms with Crippen LogP contribution < -0.4 is 4.74 Å². The average Bonchev–Trinajstić information content (AvgIpc) is 2.57. The van der Waals surface area contributed by atoms with Gasteiger partial charge in [-0.05, 0) is 46.9 Å². The fourth-order valence-corrected chi connectivity index (χ4v) is 2.34. The van der Waals surface area contributed by atoms with Crippen molar-refractivity contribution in [2.24, 2.45) is 0 Å². The van der Waals surface area contributed by atoms with Crippen LogP contribution >= 0.6 is 0 Å². The van der Waals surface area contributed by atoms with Crippen molar-refractivity contribution in [3.63, 3.8) is 0 Å². The van der Waals surface area contributed by atoms with Crippen molar-refractivity contribution in [2.45, 2.75) is 6.42 Å². The van der Waals surface area contributed by atoms with Crippen molar-refractivity contribution < 1.29 is 4.74 Å². The quantitative estimate of drug-likeness (QED) is 0.706. The van der Waals surface area contributed by atoms with E-state index in [1.165, 1.54) is 22.3 Å². The number of rotatable bonds is 4. The van der Waals surface area contributed by atoms with Crippen LogP contribution in [-0.4, -0.2) is 12.1 Å². The van der Waals surface area contributed by atoms with Gasteiger partial charge in [0.1, 0.15) is 5.75 Å². The Labute approximate surface area is 125 Å². The summed E-state index contributed by atoms with van der Waals surface area (Å²) in [4.78, 5) is 4.15. The Hall–Kier alpha value is -2.61. The number of benzene rings is 2. The predicted molar refractivity (Wildman–Crippen MR) is 85.5 cm³/mol. The van der Waals surface area contributed by atoms with Crippen molar-refractivity contribution in [3.05, 3.63) is 84.2 Å². The van der Waals surface area contributed by atoms with Crippen molar-refractivity contribution in [3.8, 4) is 16.9 Å². The first-order valence-corrected chi connectivity index (χ1v) is 6.97. The van der Waals surface area contributed by atoms with Gasteiger partial charge in [0.15, 0.2) is 0 Å². The van der Waals surface area contributed by atoms with Gasteiger partial charge in [-0.2, -0.15) is 0 Å². The fourth-order valence-electron chi connectivity index (χ4n) is 2.34. The van der Waals surface area contributed by atoms with Crippen molar-refractivity contribution in [2.75, 3.05) is 7.11 Å². The number of hydrogen-bond donors (Lipinski definition) is 0. The van der Waals surface area contributed by atoms with E-state index in [0.29, 0.717) is 0 Å². The molecule has 2 nitrogen and oxygen atoms in total. The highest BCUT2D eigenvalue weighted by Gasteiger charge is 2.00. The summed E-state index contributed by atoms with van der Waals surface area (Å²) < 4.78 is 5.18. The highest BCUT2D eigenvalue weighted by Crippen LogP contribution is 2.23. The summed E-state index contributed by atoms with van der Waals surface area (Å²) in [6.07, 6.45) is 4.63. The first-order chi connectivity index (χ1) is 10.3. The third-order valence-electron chi connectivity index (χ3n) is 3.51. The Morgan fingerprint density at radius 1 is 0.810 bits per heavy atom. The average molecular weight is 275 g/mol. The molecule has 0 unspecified atom stereocenters. The molecule has 2 heteroatoms. The van der Waals surface area contributed by atoms with Gasteiger partial charge in [-0.15, -0.1) is 0 Å². The summed E-state index contributed by atoms with van der Waals surface area (Å²) in [5, 5.41) is 0. The molecule has 3 aromatic rings. The van der Waals surface area contributed by atoms with Crippen molar-refractivity contribution in [1.82, 2.24) is 4.98 Å². The number of methoxy groups -OCH3 is 1. The Morgan fingerprint density at radius 3 is 2.05 bits per heavy atom. The lowest BCUT2D eigenvalue weighted by molar-refractivity contribution is 0.415. The first-order valence-electron chi connectivity index (χ1n) is 6.97. The monoisotopic (exact) mass is 275 g/mol. The maximum absolute atomic E-state index is 5.18. The molecular weight excluding hydrogens is 258 g/mol. The number of nitrogens with zero attached hydrogens (tertiary/aromatic N) is 1. The van der Waals surface area contributed by atoms with E-state index in [9.17, 15) is 0 Å². The topological polar surface area (TPSA) is 22.1 Å². The molecule has 0 aliphatic heterocycles. The third-order valence-corrected chi connectivity index (χ3v) is 3.51. The van der Waals surface area contributed by atoms with E-state index >= 15 is 0 Å². The standard InChI is InChI=1S/C19H17NO/c1-21-19-10-8-18(9-11-19)17-6-4-15(5-7-17)13-16-3-2-12-20-14-16/h2-12,14H,13H2,1H3. The minimum atomic E-state index is 0.881. The van der Waals surface area contributed by atoms with Gasteiger partial charge in [-0.25, -0.2) is 0 Å². The van der Waals surface area contributed by atoms with Gasteiger partial charge in [0.25, 0.3) is 0 Å². The number of hydrogen-bond acceptors (Lipinski definition) is 2. The highest BCUT2D eigenvalue weighted by atomic mass is 16.5. The molecule has 1 aromatic heterocycles. The fraction of sp³-hybridized carbons (Fsp3) is 0.105. The molecular formula is C19H17NO. The van der Waals surface area contributed by atoms with E-state index in [-0.39, 0.29) is 0 Å². The molecule has 0 atom stereocenters. The Morgan fingerprint density at radius 2 is 1.48 bits per heavy atom. The van der Waals surface area contributed by atoms with Gasteiger partial charge in [-0.3, -0.25) is 4.98 Å². The van der Waals surface area contributed by atoms with E-state index in [0.717, 1.165) is 12.2 Å². The Bertz CT molecular complexity index is 688. The van der Waals surface area contributed by atoms with Crippen LogP contribution in [0, 0.1) is 0 Å². The summed E-state index contributed by atoms with van der Waals surface area (Å²) >= 11 is 0. The maximum atomic E-state index is 5.18. The lowest BCUT2D eigenvalue weighted by Crippen LogP contribution is -1.89. The second-order valence-electron chi connectivity index (χ2n) is 4.96. The largest absolute Gasteiger partial charge is 0.497 e. The van der Waals surface area contributed by atoms with Crippen molar-refractivity contribution in [1.29, 1.82) is 0 Å². The second-order valence-corrected chi connectivity index (χ2v) is 4.96. The highest BCUT2D eigenvalue weighted by molar-refractivity contribution is 5.64. The predicted octanol–water partition coefficient (Wildman–Crippen LogP) is 4.35. The summed E-state index contributed by atoms with van der Waals surface area (Å²) in [6.45, 7) is 0. The van der Waals surface area contributed by atoms with E-state index in [4.69, 9.17) is 4.74 Å². The van der Waals surface area contributed by atoms with Crippen molar-refractivity contribution >= 4 is 0 Å². The molecule has 0 saturated heterocycles. The number of ether oxygens (including phenoxy) is 1. The molecule has 0 amide bonds. The molecule has 0 saturated carbocycles. The molecule has 0 N–H and O–H groups in total. The zero-order chi connectivity index (χ0) is 14.5. The summed E-state index contributed by atoms with van der Waals surface area (Å²) in [5.41, 5.74) is 4.94. The van der Waals surface area contributed by atoms with Crippen LogP contribution in [0.15, 0.2) is 73.1 Å². The van der Waals surface area contributed by atoms with Crippen LogP contribution in [0.25, 0.3) is 11.1 Å². The van der Waals surface area contributed by atoms with Gasteiger partial charge < -0.3 is 4.74 Å². The van der Waals surface area contributed by atoms with E-state index in [1.54, 1.807) is 13.3 Å². The second kappa shape index (κ2) is 6.23. The summed E-state index contributed by atoms with van der Waals surface area (Å²) in [5.74, 6) is 0.881. The molecule has 3 rings (SSSR count). The molecule has 1 heterocycles. The Kier molecular flexibility index (Phi) is 3.97. The van der Waals surface area contributed by atoms with Crippen LogP contribution in [0.4, 0.5) is 0 Å².